The molecule has 0 aliphatic carbocycles. The van der Waals surface area contributed by atoms with Crippen molar-refractivity contribution in [3.8, 4) is 0 Å². The van der Waals surface area contributed by atoms with Gasteiger partial charge in [0.15, 0.2) is 5.82 Å². The van der Waals surface area contributed by atoms with Crippen LogP contribution in [0.15, 0.2) is 24.3 Å². The number of aromatic nitrogens is 2. The first-order valence-corrected chi connectivity index (χ1v) is 6.60. The van der Waals surface area contributed by atoms with Gasteiger partial charge in [-0.15, -0.1) is 0 Å². The number of imidazole rings is 1. The van der Waals surface area contributed by atoms with Crippen molar-refractivity contribution in [3.63, 3.8) is 0 Å². The summed E-state index contributed by atoms with van der Waals surface area (Å²) >= 11 is 0. The highest BCUT2D eigenvalue weighted by Gasteiger charge is 2.21. The number of carboxylic acid groups (broad SMARTS) is 1. The summed E-state index contributed by atoms with van der Waals surface area (Å²) in [5, 5.41) is 11.6. The Morgan fingerprint density at radius 2 is 2.15 bits per heavy atom. The molecule has 20 heavy (non-hydrogen) atoms. The molecule has 1 amide bonds. The Morgan fingerprint density at radius 1 is 1.40 bits per heavy atom. The number of hydrogen-bond acceptors (Lipinski definition) is 3. The van der Waals surface area contributed by atoms with Crippen molar-refractivity contribution in [2.24, 2.45) is 0 Å². The summed E-state index contributed by atoms with van der Waals surface area (Å²) in [5.41, 5.74) is 1.43. The lowest BCUT2D eigenvalue weighted by Gasteiger charge is -2.12. The molecular formula is C14H17N3O3. The Morgan fingerprint density at radius 3 is 2.80 bits per heavy atom. The third-order valence-electron chi connectivity index (χ3n) is 3.05. The van der Waals surface area contributed by atoms with E-state index in [1.54, 1.807) is 6.07 Å². The minimum absolute atomic E-state index is 0.133. The van der Waals surface area contributed by atoms with E-state index in [1.165, 1.54) is 0 Å². The molecule has 1 atom stereocenters. The number of carboxylic acids is 1. The Kier molecular flexibility index (Phi) is 4.34. The molecule has 0 unspecified atom stereocenters. The summed E-state index contributed by atoms with van der Waals surface area (Å²) in [6, 6.07) is 6.38. The molecule has 0 bridgehead atoms. The van der Waals surface area contributed by atoms with Gasteiger partial charge >= 0.3 is 5.97 Å². The first kappa shape index (κ1) is 14.0. The van der Waals surface area contributed by atoms with Crippen LogP contribution >= 0.6 is 0 Å². The minimum Gasteiger partial charge on any atom is -0.480 e. The number of carbonyl (C=O) groups excluding carboxylic acids is 1. The van der Waals surface area contributed by atoms with Gasteiger partial charge in [-0.3, -0.25) is 4.79 Å². The van der Waals surface area contributed by atoms with Crippen molar-refractivity contribution in [1.82, 2.24) is 15.3 Å². The van der Waals surface area contributed by atoms with Gasteiger partial charge < -0.3 is 15.4 Å². The predicted octanol–water partition coefficient (Wildman–Crippen LogP) is 1.94. The van der Waals surface area contributed by atoms with Gasteiger partial charge in [-0.25, -0.2) is 9.78 Å². The molecule has 0 spiro atoms. The molecule has 2 aromatic rings. The van der Waals surface area contributed by atoms with Crippen LogP contribution < -0.4 is 5.32 Å². The Balaban J connectivity index is 2.11. The van der Waals surface area contributed by atoms with E-state index in [-0.39, 0.29) is 5.82 Å². The van der Waals surface area contributed by atoms with Gasteiger partial charge in [0.05, 0.1) is 11.0 Å². The van der Waals surface area contributed by atoms with Crippen LogP contribution in [0, 0.1) is 0 Å². The first-order chi connectivity index (χ1) is 9.61. The number of para-hydroxylation sites is 2. The molecule has 3 N–H and O–H groups in total. The Labute approximate surface area is 116 Å². The van der Waals surface area contributed by atoms with E-state index in [4.69, 9.17) is 5.11 Å². The fraction of sp³-hybridized carbons (Fsp3) is 0.357. The summed E-state index contributed by atoms with van der Waals surface area (Å²) < 4.78 is 0. The van der Waals surface area contributed by atoms with Gasteiger partial charge in [-0.05, 0) is 18.6 Å². The van der Waals surface area contributed by atoms with Crippen molar-refractivity contribution in [2.75, 3.05) is 0 Å². The van der Waals surface area contributed by atoms with Crippen LogP contribution in [0.1, 0.15) is 36.8 Å². The minimum atomic E-state index is -1.03. The van der Waals surface area contributed by atoms with Crippen LogP contribution in [0.4, 0.5) is 0 Å². The number of nitrogens with one attached hydrogen (secondary N) is 2. The van der Waals surface area contributed by atoms with Gasteiger partial charge in [0.1, 0.15) is 6.04 Å². The number of amides is 1. The van der Waals surface area contributed by atoms with E-state index < -0.39 is 17.9 Å². The maximum atomic E-state index is 12.0. The summed E-state index contributed by atoms with van der Waals surface area (Å²) in [7, 11) is 0. The number of unbranched alkanes of at least 4 members (excludes halogenated alkanes) is 1. The fourth-order valence-electron chi connectivity index (χ4n) is 1.95. The largest absolute Gasteiger partial charge is 0.480 e. The van der Waals surface area contributed by atoms with Crippen molar-refractivity contribution in [3.05, 3.63) is 30.1 Å². The second kappa shape index (κ2) is 6.18. The monoisotopic (exact) mass is 275 g/mol. The number of aliphatic carboxylic acids is 1. The molecule has 6 heteroatoms. The highest BCUT2D eigenvalue weighted by Crippen LogP contribution is 2.10. The van der Waals surface area contributed by atoms with Crippen molar-refractivity contribution < 1.29 is 14.7 Å². The zero-order valence-corrected chi connectivity index (χ0v) is 11.2. The summed E-state index contributed by atoms with van der Waals surface area (Å²) in [6.45, 7) is 1.97. The smallest absolute Gasteiger partial charge is 0.326 e. The molecule has 0 saturated heterocycles. The average molecular weight is 275 g/mol. The van der Waals surface area contributed by atoms with Crippen LogP contribution in [0.2, 0.25) is 0 Å². The maximum absolute atomic E-state index is 12.0. The molecule has 106 valence electrons. The molecule has 0 aliphatic rings. The molecule has 0 saturated carbocycles. The quantitative estimate of drug-likeness (QED) is 0.750. The number of fused-ring (bicyclic) bond motifs is 1. The van der Waals surface area contributed by atoms with Crippen LogP contribution in [0.3, 0.4) is 0 Å². The number of nitrogens with zero attached hydrogens (tertiary/aromatic N) is 1. The SMILES string of the molecule is CCCC[C@H](NC(=O)c1nc2ccccc2[nH]1)C(=O)O. The summed E-state index contributed by atoms with van der Waals surface area (Å²) in [5.74, 6) is -1.39. The normalized spacial score (nSPS) is 12.2. The molecule has 1 aromatic heterocycles. The predicted molar refractivity (Wildman–Crippen MR) is 74.5 cm³/mol. The number of rotatable bonds is 6. The Hall–Kier alpha value is -2.37. The lowest BCUT2D eigenvalue weighted by Crippen LogP contribution is -2.41. The number of H-pyrrole nitrogens is 1. The fourth-order valence-corrected chi connectivity index (χ4v) is 1.95. The third kappa shape index (κ3) is 3.14. The summed E-state index contributed by atoms with van der Waals surface area (Å²) in [6.07, 6.45) is 2.04. The van der Waals surface area contributed by atoms with Gasteiger partial charge in [-0.1, -0.05) is 31.9 Å². The van der Waals surface area contributed by atoms with Gasteiger partial charge in [0, 0.05) is 0 Å². The average Bonchev–Trinajstić information content (AvgIpc) is 2.86. The van der Waals surface area contributed by atoms with Crippen LogP contribution in [0.5, 0.6) is 0 Å². The zero-order valence-electron chi connectivity index (χ0n) is 11.2. The van der Waals surface area contributed by atoms with Gasteiger partial charge in [0.2, 0.25) is 0 Å². The molecule has 0 aliphatic heterocycles. The van der Waals surface area contributed by atoms with Crippen molar-refractivity contribution in [1.29, 1.82) is 0 Å². The lowest BCUT2D eigenvalue weighted by molar-refractivity contribution is -0.139. The third-order valence-corrected chi connectivity index (χ3v) is 3.05. The first-order valence-electron chi connectivity index (χ1n) is 6.60. The van der Waals surface area contributed by atoms with Crippen LogP contribution in [0.25, 0.3) is 11.0 Å². The van der Waals surface area contributed by atoms with E-state index in [0.717, 1.165) is 18.4 Å². The number of benzene rings is 1. The standard InChI is InChI=1S/C14H17N3O3/c1-2-3-6-11(14(19)20)17-13(18)12-15-9-7-4-5-8-10(9)16-12/h4-5,7-8,11H,2-3,6H2,1H3,(H,15,16)(H,17,18)(H,19,20)/t11-/m0/s1. The molecule has 2 rings (SSSR count). The van der Waals surface area contributed by atoms with Crippen LogP contribution in [-0.4, -0.2) is 33.0 Å². The van der Waals surface area contributed by atoms with Crippen LogP contribution in [-0.2, 0) is 4.79 Å². The Bertz CT molecular complexity index is 588. The van der Waals surface area contributed by atoms with Crippen molar-refractivity contribution in [2.45, 2.75) is 32.2 Å². The highest BCUT2D eigenvalue weighted by atomic mass is 16.4. The number of hydrogen-bond donors (Lipinski definition) is 3. The number of carbonyl (C=O) groups is 2. The maximum Gasteiger partial charge on any atom is 0.326 e. The second-order valence-electron chi connectivity index (χ2n) is 4.61. The number of aromatic amines is 1. The second-order valence-corrected chi connectivity index (χ2v) is 4.61. The molecule has 0 fully saturated rings. The van der Waals surface area contributed by atoms with E-state index in [9.17, 15) is 9.59 Å². The molecule has 1 aromatic carbocycles. The van der Waals surface area contributed by atoms with E-state index in [0.29, 0.717) is 11.9 Å². The zero-order chi connectivity index (χ0) is 14.5. The molecule has 6 nitrogen and oxygen atoms in total. The van der Waals surface area contributed by atoms with Crippen molar-refractivity contribution >= 4 is 22.9 Å². The lowest BCUT2D eigenvalue weighted by atomic mass is 10.1. The molecular weight excluding hydrogens is 258 g/mol. The topological polar surface area (TPSA) is 95.1 Å². The van der Waals surface area contributed by atoms with Gasteiger partial charge in [-0.2, -0.15) is 0 Å². The van der Waals surface area contributed by atoms with E-state index >= 15 is 0 Å². The van der Waals surface area contributed by atoms with E-state index in [1.807, 2.05) is 25.1 Å². The van der Waals surface area contributed by atoms with E-state index in [2.05, 4.69) is 15.3 Å². The molecule has 1 heterocycles. The molecule has 0 radical (unpaired) electrons. The highest BCUT2D eigenvalue weighted by molar-refractivity contribution is 5.96. The van der Waals surface area contributed by atoms with Gasteiger partial charge in [0.25, 0.3) is 5.91 Å². The summed E-state index contributed by atoms with van der Waals surface area (Å²) in [4.78, 5) is 30.1.